The summed E-state index contributed by atoms with van der Waals surface area (Å²) in [5, 5.41) is 0. The van der Waals surface area contributed by atoms with Crippen molar-refractivity contribution in [3.63, 3.8) is 0 Å². The van der Waals surface area contributed by atoms with Crippen LogP contribution in [0.15, 0.2) is 11.6 Å². The largest absolute Gasteiger partial charge is 0.393 e. The van der Waals surface area contributed by atoms with Crippen molar-refractivity contribution in [2.45, 2.75) is 34.1 Å². The molecule has 0 radical (unpaired) electrons. The first-order valence-corrected chi connectivity index (χ1v) is 6.21. The van der Waals surface area contributed by atoms with Gasteiger partial charge in [0.25, 0.3) is 0 Å². The van der Waals surface area contributed by atoms with Gasteiger partial charge in [-0.1, -0.05) is 32.4 Å². The molecule has 4 rings (SSSR count). The molecule has 0 aromatic heterocycles. The van der Waals surface area contributed by atoms with Crippen molar-refractivity contribution in [2.24, 2.45) is 28.6 Å². The molecule has 17 heavy (non-hydrogen) atoms. The number of allylic oxidation sites excluding steroid dienone is 2. The van der Waals surface area contributed by atoms with Crippen molar-refractivity contribution in [3.8, 4) is 0 Å². The molecule has 4 aliphatic rings. The third-order valence-corrected chi connectivity index (χ3v) is 4.88. The van der Waals surface area contributed by atoms with E-state index in [1.807, 2.05) is 0 Å². The van der Waals surface area contributed by atoms with Crippen molar-refractivity contribution in [1.82, 2.24) is 0 Å². The lowest BCUT2D eigenvalue weighted by molar-refractivity contribution is -0.154. The predicted molar refractivity (Wildman–Crippen MR) is 61.8 cm³/mol. The molecule has 0 unspecified atom stereocenters. The molecule has 0 amide bonds. The summed E-state index contributed by atoms with van der Waals surface area (Å²) in [6.45, 7) is 8.55. The second-order valence-electron chi connectivity index (χ2n) is 6.78. The molecule has 4 atom stereocenters. The van der Waals surface area contributed by atoms with Gasteiger partial charge in [-0.2, -0.15) is 0 Å². The van der Waals surface area contributed by atoms with Crippen molar-refractivity contribution < 1.29 is 14.3 Å². The SMILES string of the molecule is CC1=C[C@@]2(C)CC(C)(C)[C@@H]1[C@H]1C(=O)OC(=O)[C@H]12. The Kier molecular flexibility index (Phi) is 1.82. The molecule has 3 aliphatic carbocycles. The molecule has 1 saturated carbocycles. The first-order chi connectivity index (χ1) is 7.76. The van der Waals surface area contributed by atoms with Gasteiger partial charge in [-0.15, -0.1) is 0 Å². The minimum Gasteiger partial charge on any atom is -0.393 e. The van der Waals surface area contributed by atoms with E-state index in [1.54, 1.807) is 0 Å². The zero-order valence-electron chi connectivity index (χ0n) is 10.7. The zero-order chi connectivity index (χ0) is 12.6. The second-order valence-corrected chi connectivity index (χ2v) is 6.78. The monoisotopic (exact) mass is 234 g/mol. The Labute approximate surface area is 101 Å². The molecule has 1 heterocycles. The average molecular weight is 234 g/mol. The van der Waals surface area contributed by atoms with E-state index in [9.17, 15) is 9.59 Å². The Bertz CT molecular complexity index is 460. The summed E-state index contributed by atoms with van der Waals surface area (Å²) >= 11 is 0. The number of hydrogen-bond acceptors (Lipinski definition) is 3. The van der Waals surface area contributed by atoms with Crippen molar-refractivity contribution >= 4 is 11.9 Å². The highest BCUT2D eigenvalue weighted by atomic mass is 16.6. The average Bonchev–Trinajstić information content (AvgIpc) is 2.39. The van der Waals surface area contributed by atoms with Crippen LogP contribution < -0.4 is 0 Å². The maximum absolute atomic E-state index is 11.9. The number of hydrogen-bond donors (Lipinski definition) is 0. The lowest BCUT2D eigenvalue weighted by Gasteiger charge is -2.56. The van der Waals surface area contributed by atoms with Crippen LogP contribution in [0.1, 0.15) is 34.1 Å². The van der Waals surface area contributed by atoms with Gasteiger partial charge in [0.15, 0.2) is 0 Å². The lowest BCUT2D eigenvalue weighted by atomic mass is 9.45. The Hall–Kier alpha value is -1.12. The standard InChI is InChI=1S/C14H18O3/c1-7-5-14(4)6-13(2,3)9(7)8-10(14)12(16)17-11(8)15/h5,8-10H,6H2,1-4H3/t8-,9+,10+,14+/m1/s1. The number of carbonyl (C=O) groups excluding carboxylic acids is 2. The first kappa shape index (κ1) is 11.0. The predicted octanol–water partition coefficient (Wildman–Crippen LogP) is 2.31. The lowest BCUT2D eigenvalue weighted by Crippen LogP contribution is -2.54. The molecule has 2 fully saturated rings. The highest BCUT2D eigenvalue weighted by Gasteiger charge is 2.65. The molecule has 2 bridgehead atoms. The summed E-state index contributed by atoms with van der Waals surface area (Å²) < 4.78 is 4.88. The Morgan fingerprint density at radius 2 is 1.82 bits per heavy atom. The number of esters is 2. The third kappa shape index (κ3) is 1.17. The summed E-state index contributed by atoms with van der Waals surface area (Å²) in [6, 6.07) is 0. The molecule has 3 heteroatoms. The summed E-state index contributed by atoms with van der Waals surface area (Å²) in [7, 11) is 0. The first-order valence-electron chi connectivity index (χ1n) is 6.21. The summed E-state index contributed by atoms with van der Waals surface area (Å²) in [6.07, 6.45) is 3.15. The van der Waals surface area contributed by atoms with Crippen molar-refractivity contribution in [3.05, 3.63) is 11.6 Å². The van der Waals surface area contributed by atoms with Crippen LogP contribution in [0.3, 0.4) is 0 Å². The van der Waals surface area contributed by atoms with Crippen LogP contribution in [0.25, 0.3) is 0 Å². The van der Waals surface area contributed by atoms with Gasteiger partial charge in [-0.3, -0.25) is 9.59 Å². The maximum Gasteiger partial charge on any atom is 0.318 e. The smallest absolute Gasteiger partial charge is 0.318 e. The highest BCUT2D eigenvalue weighted by Crippen LogP contribution is 2.64. The van der Waals surface area contributed by atoms with Gasteiger partial charge in [-0.05, 0) is 24.7 Å². The number of carbonyl (C=O) groups is 2. The number of ether oxygens (including phenoxy) is 1. The Balaban J connectivity index is 2.21. The van der Waals surface area contributed by atoms with Gasteiger partial charge in [0.1, 0.15) is 0 Å². The fourth-order valence-electron chi connectivity index (χ4n) is 4.86. The normalized spacial score (nSPS) is 46.6. The van der Waals surface area contributed by atoms with Gasteiger partial charge in [0.05, 0.1) is 11.8 Å². The van der Waals surface area contributed by atoms with Crippen molar-refractivity contribution in [1.29, 1.82) is 0 Å². The third-order valence-electron chi connectivity index (χ3n) is 4.88. The Morgan fingerprint density at radius 1 is 1.18 bits per heavy atom. The minimum absolute atomic E-state index is 0.0678. The van der Waals surface area contributed by atoms with Crippen LogP contribution in [0.2, 0.25) is 0 Å². The van der Waals surface area contributed by atoms with E-state index < -0.39 is 0 Å². The van der Waals surface area contributed by atoms with Crippen LogP contribution in [0, 0.1) is 28.6 Å². The summed E-state index contributed by atoms with van der Waals surface area (Å²) in [5.41, 5.74) is 1.10. The molecule has 1 saturated heterocycles. The van der Waals surface area contributed by atoms with E-state index in [0.29, 0.717) is 0 Å². The van der Waals surface area contributed by atoms with Crippen LogP contribution in [0.5, 0.6) is 0 Å². The number of rotatable bonds is 0. The van der Waals surface area contributed by atoms with Gasteiger partial charge in [0.2, 0.25) is 0 Å². The number of fused-ring (bicyclic) bond motifs is 1. The minimum atomic E-state index is -0.313. The van der Waals surface area contributed by atoms with Crippen LogP contribution >= 0.6 is 0 Å². The number of cyclic esters (lactones) is 2. The molecule has 0 spiro atoms. The van der Waals surface area contributed by atoms with Crippen molar-refractivity contribution in [2.75, 3.05) is 0 Å². The Morgan fingerprint density at radius 3 is 2.41 bits per heavy atom. The summed E-state index contributed by atoms with van der Waals surface area (Å²) in [5.74, 6) is -0.963. The molecule has 0 aromatic rings. The molecule has 3 nitrogen and oxygen atoms in total. The molecule has 92 valence electrons. The van der Waals surface area contributed by atoms with Gasteiger partial charge in [-0.25, -0.2) is 0 Å². The zero-order valence-corrected chi connectivity index (χ0v) is 10.7. The second kappa shape index (κ2) is 2.82. The van der Waals surface area contributed by atoms with Gasteiger partial charge in [0, 0.05) is 5.41 Å². The van der Waals surface area contributed by atoms with E-state index in [0.717, 1.165) is 6.42 Å². The van der Waals surface area contributed by atoms with E-state index in [1.165, 1.54) is 5.57 Å². The fourth-order valence-corrected chi connectivity index (χ4v) is 4.86. The molecule has 0 aromatic carbocycles. The van der Waals surface area contributed by atoms with Gasteiger partial charge >= 0.3 is 11.9 Å². The van der Waals surface area contributed by atoms with E-state index in [4.69, 9.17) is 4.74 Å². The van der Waals surface area contributed by atoms with Gasteiger partial charge < -0.3 is 4.74 Å². The van der Waals surface area contributed by atoms with Crippen LogP contribution in [0.4, 0.5) is 0 Å². The molecule has 0 N–H and O–H groups in total. The molecule has 1 aliphatic heterocycles. The van der Waals surface area contributed by atoms with Crippen LogP contribution in [-0.4, -0.2) is 11.9 Å². The van der Waals surface area contributed by atoms with Crippen LogP contribution in [-0.2, 0) is 14.3 Å². The molecular formula is C14H18O3. The fraction of sp³-hybridized carbons (Fsp3) is 0.714. The van der Waals surface area contributed by atoms with E-state index >= 15 is 0 Å². The highest BCUT2D eigenvalue weighted by molar-refractivity contribution is 5.98. The quantitative estimate of drug-likeness (QED) is 0.367. The topological polar surface area (TPSA) is 43.4 Å². The van der Waals surface area contributed by atoms with E-state index in [2.05, 4.69) is 33.8 Å². The van der Waals surface area contributed by atoms with E-state index in [-0.39, 0.29) is 40.5 Å². The molecular weight excluding hydrogens is 216 g/mol. The maximum atomic E-state index is 11.9. The summed E-state index contributed by atoms with van der Waals surface area (Å²) in [4.78, 5) is 23.8.